The summed E-state index contributed by atoms with van der Waals surface area (Å²) in [4.78, 5) is 0. The van der Waals surface area contributed by atoms with E-state index in [0.717, 1.165) is 22.0 Å². The van der Waals surface area contributed by atoms with Crippen LogP contribution in [-0.4, -0.2) is 7.11 Å². The molecule has 0 saturated heterocycles. The standard InChI is InChI=1S/C18H22ClNO/c1-18(2,3)14-9-10-17(21-4)16(11-14)20-12-13-7-5-6-8-15(13)19/h5-11,20H,12H2,1-4H3. The summed E-state index contributed by atoms with van der Waals surface area (Å²) in [5, 5.41) is 4.20. The Bertz CT molecular complexity index is 617. The summed E-state index contributed by atoms with van der Waals surface area (Å²) in [6, 6.07) is 14.1. The number of halogens is 1. The Balaban J connectivity index is 2.24. The molecule has 0 saturated carbocycles. The zero-order valence-corrected chi connectivity index (χ0v) is 13.8. The van der Waals surface area contributed by atoms with Crippen LogP contribution < -0.4 is 10.1 Å². The zero-order chi connectivity index (χ0) is 15.5. The Hall–Kier alpha value is -1.67. The van der Waals surface area contributed by atoms with Gasteiger partial charge in [-0.3, -0.25) is 0 Å². The van der Waals surface area contributed by atoms with Crippen molar-refractivity contribution in [3.05, 3.63) is 58.6 Å². The molecule has 0 heterocycles. The number of methoxy groups -OCH3 is 1. The van der Waals surface area contributed by atoms with Crippen molar-refractivity contribution in [3.63, 3.8) is 0 Å². The van der Waals surface area contributed by atoms with Crippen LogP contribution in [0.25, 0.3) is 0 Å². The minimum Gasteiger partial charge on any atom is -0.495 e. The van der Waals surface area contributed by atoms with E-state index in [1.165, 1.54) is 5.56 Å². The van der Waals surface area contributed by atoms with Gasteiger partial charge in [0.15, 0.2) is 0 Å². The number of anilines is 1. The van der Waals surface area contributed by atoms with E-state index < -0.39 is 0 Å². The summed E-state index contributed by atoms with van der Waals surface area (Å²) in [5.41, 5.74) is 3.43. The molecular formula is C18H22ClNO. The average molecular weight is 304 g/mol. The Morgan fingerprint density at radius 2 is 1.81 bits per heavy atom. The molecular weight excluding hydrogens is 282 g/mol. The van der Waals surface area contributed by atoms with E-state index >= 15 is 0 Å². The molecule has 0 amide bonds. The second-order valence-corrected chi connectivity index (χ2v) is 6.52. The van der Waals surface area contributed by atoms with Gasteiger partial charge in [-0.2, -0.15) is 0 Å². The van der Waals surface area contributed by atoms with Crippen LogP contribution in [-0.2, 0) is 12.0 Å². The van der Waals surface area contributed by atoms with Crippen molar-refractivity contribution in [2.24, 2.45) is 0 Å². The fraction of sp³-hybridized carbons (Fsp3) is 0.333. The van der Waals surface area contributed by atoms with Crippen molar-refractivity contribution in [2.75, 3.05) is 12.4 Å². The van der Waals surface area contributed by atoms with E-state index in [0.29, 0.717) is 6.54 Å². The molecule has 0 radical (unpaired) electrons. The first kappa shape index (κ1) is 15.7. The van der Waals surface area contributed by atoms with Gasteiger partial charge in [0.1, 0.15) is 5.75 Å². The molecule has 3 heteroatoms. The van der Waals surface area contributed by atoms with Crippen LogP contribution in [0.5, 0.6) is 5.75 Å². The molecule has 0 atom stereocenters. The summed E-state index contributed by atoms with van der Waals surface area (Å²) < 4.78 is 5.44. The summed E-state index contributed by atoms with van der Waals surface area (Å²) in [6.07, 6.45) is 0. The lowest BCUT2D eigenvalue weighted by atomic mass is 9.87. The second-order valence-electron chi connectivity index (χ2n) is 6.11. The number of rotatable bonds is 4. The van der Waals surface area contributed by atoms with Gasteiger partial charge in [0.25, 0.3) is 0 Å². The summed E-state index contributed by atoms with van der Waals surface area (Å²) in [7, 11) is 1.69. The fourth-order valence-corrected chi connectivity index (χ4v) is 2.35. The molecule has 0 aliphatic rings. The Labute approximate surface area is 132 Å². The van der Waals surface area contributed by atoms with Gasteiger partial charge >= 0.3 is 0 Å². The maximum absolute atomic E-state index is 6.20. The second kappa shape index (κ2) is 6.40. The Morgan fingerprint density at radius 3 is 2.43 bits per heavy atom. The number of hydrogen-bond donors (Lipinski definition) is 1. The number of benzene rings is 2. The third kappa shape index (κ3) is 3.92. The predicted octanol–water partition coefficient (Wildman–Crippen LogP) is 5.26. The lowest BCUT2D eigenvalue weighted by Gasteiger charge is -2.21. The molecule has 0 fully saturated rings. The molecule has 0 aromatic heterocycles. The highest BCUT2D eigenvalue weighted by atomic mass is 35.5. The average Bonchev–Trinajstić information content (AvgIpc) is 2.45. The monoisotopic (exact) mass is 303 g/mol. The van der Waals surface area contributed by atoms with Crippen molar-refractivity contribution in [2.45, 2.75) is 32.7 Å². The quantitative estimate of drug-likeness (QED) is 0.832. The molecule has 0 spiro atoms. The Kier molecular flexibility index (Phi) is 4.79. The normalized spacial score (nSPS) is 11.3. The van der Waals surface area contributed by atoms with E-state index in [2.05, 4.69) is 38.2 Å². The number of ether oxygens (including phenoxy) is 1. The van der Waals surface area contributed by atoms with Crippen LogP contribution >= 0.6 is 11.6 Å². The highest BCUT2D eigenvalue weighted by Gasteiger charge is 2.15. The third-order valence-electron chi connectivity index (χ3n) is 3.49. The highest BCUT2D eigenvalue weighted by Crippen LogP contribution is 2.32. The number of nitrogens with one attached hydrogen (secondary N) is 1. The van der Waals surface area contributed by atoms with Crippen LogP contribution in [0.15, 0.2) is 42.5 Å². The van der Waals surface area contributed by atoms with Crippen molar-refractivity contribution >= 4 is 17.3 Å². The van der Waals surface area contributed by atoms with E-state index in [1.54, 1.807) is 7.11 Å². The van der Waals surface area contributed by atoms with Crippen LogP contribution in [0.3, 0.4) is 0 Å². The van der Waals surface area contributed by atoms with Gasteiger partial charge < -0.3 is 10.1 Å². The van der Waals surface area contributed by atoms with Gasteiger partial charge in [-0.25, -0.2) is 0 Å². The summed E-state index contributed by atoms with van der Waals surface area (Å²) in [6.45, 7) is 7.27. The maximum atomic E-state index is 6.20. The minimum atomic E-state index is 0.104. The first-order valence-electron chi connectivity index (χ1n) is 7.07. The first-order chi connectivity index (χ1) is 9.91. The molecule has 21 heavy (non-hydrogen) atoms. The number of hydrogen-bond acceptors (Lipinski definition) is 2. The van der Waals surface area contributed by atoms with E-state index in [1.807, 2.05) is 30.3 Å². The molecule has 0 aliphatic heterocycles. The largest absolute Gasteiger partial charge is 0.495 e. The maximum Gasteiger partial charge on any atom is 0.141 e. The van der Waals surface area contributed by atoms with Crippen LogP contribution in [0.2, 0.25) is 5.02 Å². The molecule has 112 valence electrons. The fourth-order valence-electron chi connectivity index (χ4n) is 2.14. The Morgan fingerprint density at radius 1 is 1.10 bits per heavy atom. The van der Waals surface area contributed by atoms with Crippen LogP contribution in [0.1, 0.15) is 31.9 Å². The molecule has 0 bridgehead atoms. The van der Waals surface area contributed by atoms with Gasteiger partial charge in [0, 0.05) is 11.6 Å². The van der Waals surface area contributed by atoms with Crippen molar-refractivity contribution in [3.8, 4) is 5.75 Å². The SMILES string of the molecule is COc1ccc(C(C)(C)C)cc1NCc1ccccc1Cl. The molecule has 0 unspecified atom stereocenters. The van der Waals surface area contributed by atoms with Gasteiger partial charge in [-0.15, -0.1) is 0 Å². The van der Waals surface area contributed by atoms with E-state index in [9.17, 15) is 0 Å². The zero-order valence-electron chi connectivity index (χ0n) is 13.0. The third-order valence-corrected chi connectivity index (χ3v) is 3.86. The lowest BCUT2D eigenvalue weighted by Crippen LogP contribution is -2.12. The molecule has 2 nitrogen and oxygen atoms in total. The predicted molar refractivity (Wildman–Crippen MR) is 90.5 cm³/mol. The molecule has 0 aliphatic carbocycles. The molecule has 2 rings (SSSR count). The summed E-state index contributed by atoms with van der Waals surface area (Å²) in [5.74, 6) is 0.843. The van der Waals surface area contributed by atoms with Crippen LogP contribution in [0.4, 0.5) is 5.69 Å². The van der Waals surface area contributed by atoms with Gasteiger partial charge in [0.05, 0.1) is 12.8 Å². The van der Waals surface area contributed by atoms with E-state index in [4.69, 9.17) is 16.3 Å². The smallest absolute Gasteiger partial charge is 0.141 e. The highest BCUT2D eigenvalue weighted by molar-refractivity contribution is 6.31. The van der Waals surface area contributed by atoms with Crippen molar-refractivity contribution in [1.82, 2.24) is 0 Å². The molecule has 1 N–H and O–H groups in total. The lowest BCUT2D eigenvalue weighted by molar-refractivity contribution is 0.416. The van der Waals surface area contributed by atoms with Crippen molar-refractivity contribution < 1.29 is 4.74 Å². The van der Waals surface area contributed by atoms with Crippen molar-refractivity contribution in [1.29, 1.82) is 0 Å². The topological polar surface area (TPSA) is 21.3 Å². The molecule has 2 aromatic carbocycles. The van der Waals surface area contributed by atoms with Gasteiger partial charge in [0.2, 0.25) is 0 Å². The van der Waals surface area contributed by atoms with E-state index in [-0.39, 0.29) is 5.41 Å². The molecule has 2 aromatic rings. The van der Waals surface area contributed by atoms with Crippen LogP contribution in [0, 0.1) is 0 Å². The van der Waals surface area contributed by atoms with Gasteiger partial charge in [-0.05, 0) is 34.7 Å². The first-order valence-corrected chi connectivity index (χ1v) is 7.45. The summed E-state index contributed by atoms with van der Waals surface area (Å²) >= 11 is 6.20. The van der Waals surface area contributed by atoms with Gasteiger partial charge in [-0.1, -0.05) is 56.6 Å². The minimum absolute atomic E-state index is 0.104.